The average molecular weight is 294 g/mol. The summed E-state index contributed by atoms with van der Waals surface area (Å²) >= 11 is 0. The van der Waals surface area contributed by atoms with Crippen LogP contribution in [0.5, 0.6) is 0 Å². The van der Waals surface area contributed by atoms with Gasteiger partial charge in [-0.3, -0.25) is 9.89 Å². The summed E-state index contributed by atoms with van der Waals surface area (Å²) < 4.78 is 5.66. The lowest BCUT2D eigenvalue weighted by molar-refractivity contribution is 0.117. The van der Waals surface area contributed by atoms with Crippen LogP contribution in [-0.2, 0) is 4.74 Å². The second-order valence-electron chi connectivity index (χ2n) is 6.77. The lowest BCUT2D eigenvalue weighted by atomic mass is 10.1. The molecule has 3 unspecified atom stereocenters. The zero-order valence-electron chi connectivity index (χ0n) is 13.5. The van der Waals surface area contributed by atoms with Crippen LogP contribution in [0.1, 0.15) is 39.5 Å². The van der Waals surface area contributed by atoms with Crippen molar-refractivity contribution in [2.45, 2.75) is 57.7 Å². The fraction of sp³-hybridized carbons (Fsp3) is 0.938. The Bertz CT molecular complexity index is 363. The molecule has 2 saturated heterocycles. The van der Waals surface area contributed by atoms with E-state index in [1.807, 2.05) is 0 Å². The minimum atomic E-state index is 0.324. The number of aliphatic imine (C=N–C) groups is 1. The number of rotatable bonds is 5. The van der Waals surface area contributed by atoms with Gasteiger partial charge in [0, 0.05) is 38.3 Å². The van der Waals surface area contributed by atoms with Crippen LogP contribution >= 0.6 is 0 Å². The summed E-state index contributed by atoms with van der Waals surface area (Å²) in [6.45, 7) is 9.46. The topological polar surface area (TPSA) is 48.9 Å². The second-order valence-corrected chi connectivity index (χ2v) is 6.77. The van der Waals surface area contributed by atoms with Gasteiger partial charge in [0.05, 0.1) is 12.6 Å². The van der Waals surface area contributed by atoms with Crippen LogP contribution in [0.4, 0.5) is 0 Å². The van der Waals surface area contributed by atoms with E-state index < -0.39 is 0 Å². The minimum absolute atomic E-state index is 0.324. The summed E-state index contributed by atoms with van der Waals surface area (Å²) in [6.07, 6.45) is 5.45. The molecule has 0 aromatic rings. The van der Waals surface area contributed by atoms with Crippen molar-refractivity contribution in [3.63, 3.8) is 0 Å². The van der Waals surface area contributed by atoms with Crippen LogP contribution in [0.15, 0.2) is 4.99 Å². The monoisotopic (exact) mass is 294 g/mol. The van der Waals surface area contributed by atoms with Crippen molar-refractivity contribution in [2.75, 3.05) is 32.8 Å². The van der Waals surface area contributed by atoms with E-state index in [1.165, 1.54) is 25.8 Å². The molecular weight excluding hydrogens is 264 g/mol. The molecule has 0 amide bonds. The van der Waals surface area contributed by atoms with E-state index in [-0.39, 0.29) is 0 Å². The lowest BCUT2D eigenvalue weighted by Gasteiger charge is -2.20. The molecule has 3 aliphatic rings. The first-order valence-electron chi connectivity index (χ1n) is 8.66. The molecule has 2 aliphatic heterocycles. The number of likely N-dealkylation sites (tertiary alicyclic amines) is 1. The quantitative estimate of drug-likeness (QED) is 0.591. The van der Waals surface area contributed by atoms with Gasteiger partial charge < -0.3 is 15.4 Å². The zero-order chi connectivity index (χ0) is 14.7. The summed E-state index contributed by atoms with van der Waals surface area (Å²) in [5.74, 6) is 1.65. The highest BCUT2D eigenvalue weighted by Gasteiger charge is 2.38. The Morgan fingerprint density at radius 1 is 1.29 bits per heavy atom. The standard InChI is InChI=1S/C16H30N4O/c1-3-17-16(18-9-14-5-4-8-21-14)19-15-11-20(10-12(15)2)13-6-7-13/h12-15H,3-11H2,1-2H3,(H2,17,18,19). The normalized spacial score (nSPS) is 34.4. The Labute approximate surface area is 128 Å². The van der Waals surface area contributed by atoms with Crippen molar-refractivity contribution in [3.8, 4) is 0 Å². The highest BCUT2D eigenvalue weighted by molar-refractivity contribution is 5.80. The molecular formula is C16H30N4O. The molecule has 1 saturated carbocycles. The van der Waals surface area contributed by atoms with Crippen molar-refractivity contribution in [2.24, 2.45) is 10.9 Å². The fourth-order valence-corrected chi connectivity index (χ4v) is 3.41. The van der Waals surface area contributed by atoms with Gasteiger partial charge >= 0.3 is 0 Å². The molecule has 2 N–H and O–H groups in total. The molecule has 0 bridgehead atoms. The van der Waals surface area contributed by atoms with Crippen molar-refractivity contribution < 1.29 is 4.74 Å². The SMILES string of the molecule is CCNC(=NCC1CCCO1)NC1CN(C2CC2)CC1C. The summed E-state index contributed by atoms with van der Waals surface area (Å²) in [5.41, 5.74) is 0. The molecule has 0 radical (unpaired) electrons. The first-order chi connectivity index (χ1) is 10.3. The van der Waals surface area contributed by atoms with E-state index in [2.05, 4.69) is 29.4 Å². The molecule has 3 rings (SSSR count). The predicted octanol–water partition coefficient (Wildman–Crippen LogP) is 1.20. The number of hydrogen-bond donors (Lipinski definition) is 2. The third-order valence-corrected chi connectivity index (χ3v) is 4.85. The maximum absolute atomic E-state index is 5.66. The highest BCUT2D eigenvalue weighted by Crippen LogP contribution is 2.31. The van der Waals surface area contributed by atoms with Crippen LogP contribution in [0, 0.1) is 5.92 Å². The summed E-state index contributed by atoms with van der Waals surface area (Å²) in [6, 6.07) is 1.39. The van der Waals surface area contributed by atoms with Gasteiger partial charge in [-0.15, -0.1) is 0 Å². The van der Waals surface area contributed by atoms with E-state index in [0.29, 0.717) is 18.1 Å². The second kappa shape index (κ2) is 6.97. The van der Waals surface area contributed by atoms with Gasteiger partial charge in [-0.25, -0.2) is 0 Å². The molecule has 3 atom stereocenters. The summed E-state index contributed by atoms with van der Waals surface area (Å²) in [4.78, 5) is 7.37. The average Bonchev–Trinajstić information content (AvgIpc) is 3.07. The van der Waals surface area contributed by atoms with E-state index in [1.54, 1.807) is 0 Å². The largest absolute Gasteiger partial charge is 0.376 e. The van der Waals surface area contributed by atoms with Gasteiger partial charge in [0.2, 0.25) is 0 Å². The Hall–Kier alpha value is -0.810. The molecule has 2 heterocycles. The summed E-state index contributed by atoms with van der Waals surface area (Å²) in [5, 5.41) is 7.02. The third kappa shape index (κ3) is 4.10. The first-order valence-corrected chi connectivity index (χ1v) is 8.66. The Morgan fingerprint density at radius 2 is 2.14 bits per heavy atom. The Morgan fingerprint density at radius 3 is 2.81 bits per heavy atom. The molecule has 3 fully saturated rings. The summed E-state index contributed by atoms with van der Waals surface area (Å²) in [7, 11) is 0. The van der Waals surface area contributed by atoms with Crippen molar-refractivity contribution in [3.05, 3.63) is 0 Å². The van der Waals surface area contributed by atoms with Gasteiger partial charge in [-0.1, -0.05) is 6.92 Å². The third-order valence-electron chi connectivity index (χ3n) is 4.85. The van der Waals surface area contributed by atoms with Gasteiger partial charge in [0.1, 0.15) is 0 Å². The molecule has 0 spiro atoms. The van der Waals surface area contributed by atoms with Crippen molar-refractivity contribution in [1.82, 2.24) is 15.5 Å². The Kier molecular flexibility index (Phi) is 5.01. The number of nitrogens with one attached hydrogen (secondary N) is 2. The van der Waals surface area contributed by atoms with Crippen LogP contribution in [-0.4, -0.2) is 61.8 Å². The molecule has 0 aromatic carbocycles. The molecule has 1 aliphatic carbocycles. The van der Waals surface area contributed by atoms with Crippen LogP contribution in [0.25, 0.3) is 0 Å². The number of nitrogens with zero attached hydrogens (tertiary/aromatic N) is 2. The van der Waals surface area contributed by atoms with Gasteiger partial charge in [-0.05, 0) is 38.5 Å². The lowest BCUT2D eigenvalue weighted by Crippen LogP contribution is -2.47. The van der Waals surface area contributed by atoms with Gasteiger partial charge in [-0.2, -0.15) is 0 Å². The van der Waals surface area contributed by atoms with Crippen LogP contribution < -0.4 is 10.6 Å². The van der Waals surface area contributed by atoms with Crippen molar-refractivity contribution in [1.29, 1.82) is 0 Å². The molecule has 5 nitrogen and oxygen atoms in total. The first kappa shape index (κ1) is 15.1. The molecule has 21 heavy (non-hydrogen) atoms. The predicted molar refractivity (Wildman–Crippen MR) is 85.6 cm³/mol. The van der Waals surface area contributed by atoms with E-state index in [4.69, 9.17) is 9.73 Å². The highest BCUT2D eigenvalue weighted by atomic mass is 16.5. The van der Waals surface area contributed by atoms with Gasteiger partial charge in [0.25, 0.3) is 0 Å². The maximum Gasteiger partial charge on any atom is 0.191 e. The molecule has 0 aromatic heterocycles. The molecule has 120 valence electrons. The maximum atomic E-state index is 5.66. The van der Waals surface area contributed by atoms with E-state index in [9.17, 15) is 0 Å². The number of ether oxygens (including phenoxy) is 1. The smallest absolute Gasteiger partial charge is 0.191 e. The van der Waals surface area contributed by atoms with Crippen molar-refractivity contribution >= 4 is 5.96 Å². The minimum Gasteiger partial charge on any atom is -0.376 e. The Balaban J connectivity index is 1.52. The van der Waals surface area contributed by atoms with Gasteiger partial charge in [0.15, 0.2) is 5.96 Å². The fourth-order valence-electron chi connectivity index (χ4n) is 3.41. The number of guanidine groups is 1. The van der Waals surface area contributed by atoms with E-state index in [0.717, 1.165) is 44.7 Å². The number of hydrogen-bond acceptors (Lipinski definition) is 3. The molecule has 5 heteroatoms. The van der Waals surface area contributed by atoms with Crippen LogP contribution in [0.3, 0.4) is 0 Å². The van der Waals surface area contributed by atoms with Crippen LogP contribution in [0.2, 0.25) is 0 Å². The zero-order valence-corrected chi connectivity index (χ0v) is 13.5. The van der Waals surface area contributed by atoms with E-state index >= 15 is 0 Å².